The van der Waals surface area contributed by atoms with Crippen molar-refractivity contribution in [3.8, 4) is 5.75 Å². The summed E-state index contributed by atoms with van der Waals surface area (Å²) in [4.78, 5) is 2.25. The molecule has 0 saturated heterocycles. The van der Waals surface area contributed by atoms with Crippen molar-refractivity contribution in [1.29, 1.82) is 0 Å². The van der Waals surface area contributed by atoms with Crippen molar-refractivity contribution >= 4 is 0 Å². The van der Waals surface area contributed by atoms with Gasteiger partial charge in [0.1, 0.15) is 5.75 Å². The summed E-state index contributed by atoms with van der Waals surface area (Å²) in [7, 11) is 5.00. The Morgan fingerprint density at radius 2 is 1.96 bits per heavy atom. The van der Waals surface area contributed by atoms with Gasteiger partial charge in [-0.1, -0.05) is 12.1 Å². The number of hydrogen-bond acceptors (Lipinski definition) is 5. The topological polar surface area (TPSA) is 56.1 Å². The highest BCUT2D eigenvalue weighted by Gasteiger charge is 2.14. The highest BCUT2D eigenvalue weighted by Crippen LogP contribution is 2.16. The van der Waals surface area contributed by atoms with E-state index in [0.29, 0.717) is 19.8 Å². The Balaban J connectivity index is 2.04. The summed E-state index contributed by atoms with van der Waals surface area (Å²) in [5.41, 5.74) is 2.40. The van der Waals surface area contributed by atoms with Gasteiger partial charge >= 0.3 is 0 Å². The van der Waals surface area contributed by atoms with E-state index in [9.17, 15) is 5.11 Å². The fourth-order valence-electron chi connectivity index (χ4n) is 3.15. The quantitative estimate of drug-likeness (QED) is 0.544. The molecule has 150 valence electrons. The van der Waals surface area contributed by atoms with E-state index in [4.69, 9.17) is 14.2 Å². The lowest BCUT2D eigenvalue weighted by atomic mass is 10.2. The maximum atomic E-state index is 10.1. The first-order chi connectivity index (χ1) is 13.2. The van der Waals surface area contributed by atoms with E-state index in [-0.39, 0.29) is 0 Å². The van der Waals surface area contributed by atoms with Gasteiger partial charge in [-0.3, -0.25) is 4.90 Å². The molecule has 0 bridgehead atoms. The van der Waals surface area contributed by atoms with Crippen LogP contribution in [0.2, 0.25) is 0 Å². The van der Waals surface area contributed by atoms with Gasteiger partial charge in [0.05, 0.1) is 19.8 Å². The number of nitrogens with zero attached hydrogens (tertiary/aromatic N) is 2. The molecule has 2 rings (SSSR count). The summed E-state index contributed by atoms with van der Waals surface area (Å²) >= 11 is 0. The Kier molecular flexibility index (Phi) is 9.35. The summed E-state index contributed by atoms with van der Waals surface area (Å²) in [6.45, 7) is 4.03. The van der Waals surface area contributed by atoms with Gasteiger partial charge in [-0.25, -0.2) is 0 Å². The van der Waals surface area contributed by atoms with Crippen LogP contribution in [0, 0.1) is 0 Å². The molecule has 0 fully saturated rings. The van der Waals surface area contributed by atoms with Crippen molar-refractivity contribution in [2.75, 3.05) is 47.6 Å². The third kappa shape index (κ3) is 7.34. The zero-order valence-corrected chi connectivity index (χ0v) is 16.6. The second-order valence-corrected chi connectivity index (χ2v) is 6.67. The van der Waals surface area contributed by atoms with Crippen molar-refractivity contribution in [3.63, 3.8) is 0 Å². The first-order valence-corrected chi connectivity index (χ1v) is 9.31. The fourth-order valence-corrected chi connectivity index (χ4v) is 3.15. The maximum Gasteiger partial charge on any atom is 0.119 e. The van der Waals surface area contributed by atoms with Gasteiger partial charge < -0.3 is 23.9 Å². The highest BCUT2D eigenvalue weighted by molar-refractivity contribution is 5.29. The molecule has 0 spiro atoms. The molecule has 6 nitrogen and oxygen atoms in total. The monoisotopic (exact) mass is 376 g/mol. The summed E-state index contributed by atoms with van der Waals surface area (Å²) in [5.74, 6) is 0.866. The molecule has 1 heterocycles. The molecule has 2 aromatic rings. The molecule has 27 heavy (non-hydrogen) atoms. The van der Waals surface area contributed by atoms with E-state index in [1.807, 2.05) is 12.1 Å². The van der Waals surface area contributed by atoms with Crippen molar-refractivity contribution < 1.29 is 19.3 Å². The Labute approximate surface area is 162 Å². The number of aliphatic hydroxyl groups is 1. The number of hydrogen-bond donors (Lipinski definition) is 1. The second kappa shape index (κ2) is 11.8. The first-order valence-electron chi connectivity index (χ1n) is 9.31. The molecule has 0 radical (unpaired) electrons. The zero-order chi connectivity index (χ0) is 19.5. The molecule has 0 amide bonds. The number of aliphatic hydroxyl groups excluding tert-OH is 1. The summed E-state index contributed by atoms with van der Waals surface area (Å²) < 4.78 is 17.8. The number of benzene rings is 1. The smallest absolute Gasteiger partial charge is 0.119 e. The lowest BCUT2D eigenvalue weighted by Gasteiger charge is -2.25. The number of rotatable bonds is 13. The van der Waals surface area contributed by atoms with E-state index < -0.39 is 6.10 Å². The van der Waals surface area contributed by atoms with Gasteiger partial charge in [-0.15, -0.1) is 0 Å². The van der Waals surface area contributed by atoms with E-state index in [1.54, 1.807) is 21.3 Å². The zero-order valence-electron chi connectivity index (χ0n) is 16.6. The minimum absolute atomic E-state index is 0.339. The number of aromatic nitrogens is 1. The fraction of sp³-hybridized carbons (Fsp3) is 0.524. The summed E-state index contributed by atoms with van der Waals surface area (Å²) in [6, 6.07) is 12.3. The lowest BCUT2D eigenvalue weighted by Crippen LogP contribution is -2.36. The number of ether oxygens (including phenoxy) is 3. The SMILES string of the molecule is COCCCN(Cc1cccn1Cc1cccc(OC)c1)C[C@H](O)COC. The molecular weight excluding hydrogens is 344 g/mol. The van der Waals surface area contributed by atoms with Gasteiger partial charge in [0.25, 0.3) is 0 Å². The predicted octanol–water partition coefficient (Wildman–Crippen LogP) is 2.39. The van der Waals surface area contributed by atoms with Gasteiger partial charge in [0, 0.05) is 58.9 Å². The van der Waals surface area contributed by atoms with Crippen LogP contribution in [0.25, 0.3) is 0 Å². The predicted molar refractivity (Wildman–Crippen MR) is 106 cm³/mol. The van der Waals surface area contributed by atoms with E-state index in [2.05, 4.69) is 39.9 Å². The highest BCUT2D eigenvalue weighted by atomic mass is 16.5. The molecule has 0 aliphatic rings. The molecule has 0 aliphatic heterocycles. The van der Waals surface area contributed by atoms with E-state index in [1.165, 1.54) is 11.3 Å². The van der Waals surface area contributed by atoms with Crippen molar-refractivity contribution in [3.05, 3.63) is 53.9 Å². The molecule has 6 heteroatoms. The Hall–Kier alpha value is -1.86. The van der Waals surface area contributed by atoms with Crippen LogP contribution in [0.4, 0.5) is 0 Å². The third-order valence-electron chi connectivity index (χ3n) is 4.45. The van der Waals surface area contributed by atoms with Crippen LogP contribution in [0.3, 0.4) is 0 Å². The van der Waals surface area contributed by atoms with E-state index >= 15 is 0 Å². The normalized spacial score (nSPS) is 12.5. The molecule has 0 aliphatic carbocycles. The molecule has 1 aromatic carbocycles. The Bertz CT molecular complexity index is 659. The van der Waals surface area contributed by atoms with Crippen molar-refractivity contribution in [1.82, 2.24) is 9.47 Å². The van der Waals surface area contributed by atoms with Crippen LogP contribution in [0.15, 0.2) is 42.6 Å². The Morgan fingerprint density at radius 3 is 2.70 bits per heavy atom. The molecule has 0 unspecified atom stereocenters. The van der Waals surface area contributed by atoms with Crippen LogP contribution in [0.5, 0.6) is 5.75 Å². The average Bonchev–Trinajstić information content (AvgIpc) is 3.08. The van der Waals surface area contributed by atoms with Gasteiger partial charge in [0.2, 0.25) is 0 Å². The molecule has 1 atom stereocenters. The van der Waals surface area contributed by atoms with Gasteiger partial charge in [-0.2, -0.15) is 0 Å². The first kappa shape index (κ1) is 21.4. The average molecular weight is 376 g/mol. The molecule has 1 aromatic heterocycles. The van der Waals surface area contributed by atoms with Crippen molar-refractivity contribution in [2.24, 2.45) is 0 Å². The van der Waals surface area contributed by atoms with Gasteiger partial charge in [-0.05, 0) is 36.2 Å². The minimum Gasteiger partial charge on any atom is -0.497 e. The van der Waals surface area contributed by atoms with Crippen LogP contribution in [-0.2, 0) is 22.6 Å². The molecular formula is C21H32N2O4. The standard InChI is InChI=1S/C21H32N2O4/c1-25-12-6-10-22(16-20(24)17-26-2)15-19-8-5-11-23(19)14-18-7-4-9-21(13-18)27-3/h4-5,7-9,11,13,20,24H,6,10,12,14-17H2,1-3H3/t20-/m0/s1. The third-order valence-corrected chi connectivity index (χ3v) is 4.45. The minimum atomic E-state index is -0.501. The largest absolute Gasteiger partial charge is 0.497 e. The van der Waals surface area contributed by atoms with Crippen LogP contribution >= 0.6 is 0 Å². The maximum absolute atomic E-state index is 10.1. The van der Waals surface area contributed by atoms with Crippen LogP contribution in [0.1, 0.15) is 17.7 Å². The van der Waals surface area contributed by atoms with Crippen LogP contribution < -0.4 is 4.74 Å². The lowest BCUT2D eigenvalue weighted by molar-refractivity contribution is 0.0332. The summed E-state index contributed by atoms with van der Waals surface area (Å²) in [5, 5.41) is 10.1. The number of methoxy groups -OCH3 is 3. The van der Waals surface area contributed by atoms with Crippen molar-refractivity contribution in [2.45, 2.75) is 25.6 Å². The molecule has 0 saturated carbocycles. The Morgan fingerprint density at radius 1 is 1.11 bits per heavy atom. The molecule has 1 N–H and O–H groups in total. The van der Waals surface area contributed by atoms with E-state index in [0.717, 1.165) is 31.8 Å². The van der Waals surface area contributed by atoms with Gasteiger partial charge in [0.15, 0.2) is 0 Å². The summed E-state index contributed by atoms with van der Waals surface area (Å²) in [6.07, 6.45) is 2.51. The second-order valence-electron chi connectivity index (χ2n) is 6.67. The van der Waals surface area contributed by atoms with Crippen LogP contribution in [-0.4, -0.2) is 68.3 Å².